The minimum Gasteiger partial charge on any atom is -0.385 e. The van der Waals surface area contributed by atoms with Crippen LogP contribution in [0, 0.1) is 0 Å². The molecule has 4 rings (SSSR count). The zero-order chi connectivity index (χ0) is 17.4. The number of benzene rings is 2. The average molecular weight is 337 g/mol. The molecule has 3 heteroatoms. The van der Waals surface area contributed by atoms with E-state index in [0.29, 0.717) is 18.6 Å². The van der Waals surface area contributed by atoms with Gasteiger partial charge in [-0.15, -0.1) is 0 Å². The molecule has 0 radical (unpaired) electrons. The van der Waals surface area contributed by atoms with Gasteiger partial charge in [0.15, 0.2) is 0 Å². The van der Waals surface area contributed by atoms with Crippen molar-refractivity contribution in [2.75, 3.05) is 6.54 Å². The van der Waals surface area contributed by atoms with Crippen LogP contribution in [0.4, 0.5) is 0 Å². The highest BCUT2D eigenvalue weighted by molar-refractivity contribution is 6.07. The van der Waals surface area contributed by atoms with Crippen molar-refractivity contribution in [1.29, 1.82) is 0 Å². The number of piperidine rings is 1. The van der Waals surface area contributed by atoms with Gasteiger partial charge in [0.25, 0.3) is 0 Å². The molecule has 2 N–H and O–H groups in total. The van der Waals surface area contributed by atoms with Crippen molar-refractivity contribution in [2.24, 2.45) is 0 Å². The van der Waals surface area contributed by atoms with E-state index >= 15 is 0 Å². The summed E-state index contributed by atoms with van der Waals surface area (Å²) in [4.78, 5) is 1.57. The summed E-state index contributed by atoms with van der Waals surface area (Å²) in [6.07, 6.45) is 3.57. The lowest BCUT2D eigenvalue weighted by molar-refractivity contribution is -0.954. The van der Waals surface area contributed by atoms with Crippen molar-refractivity contribution in [3.63, 3.8) is 0 Å². The summed E-state index contributed by atoms with van der Waals surface area (Å²) in [5.74, 6) is 0. The number of nitrogens with one attached hydrogen (secondary N) is 1. The summed E-state index contributed by atoms with van der Waals surface area (Å²) in [5, 5.41) is 13.4. The maximum Gasteiger partial charge on any atom is 0.121 e. The van der Waals surface area contributed by atoms with Crippen LogP contribution in [0.3, 0.4) is 0 Å². The molecule has 0 spiro atoms. The van der Waals surface area contributed by atoms with E-state index in [1.165, 1.54) is 41.1 Å². The van der Waals surface area contributed by atoms with Crippen LogP contribution in [0.5, 0.6) is 0 Å². The molecule has 3 aromatic rings. The fraction of sp³-hybridized carbons (Fsp3) is 0.455. The summed E-state index contributed by atoms with van der Waals surface area (Å²) in [6.45, 7) is 6.16. The Bertz CT molecular complexity index is 805. The first-order valence-corrected chi connectivity index (χ1v) is 9.64. The SMILES string of the molecule is C[C@@H]1CCC[C@H](C)[NH+]1C[C@H](O)Cn1c2ccccc2c2ccccc21. The second-order valence-electron chi connectivity index (χ2n) is 7.81. The van der Waals surface area contributed by atoms with Crippen LogP contribution in [-0.2, 0) is 6.54 Å². The highest BCUT2D eigenvalue weighted by Crippen LogP contribution is 2.28. The van der Waals surface area contributed by atoms with Crippen molar-refractivity contribution in [2.45, 2.75) is 57.8 Å². The smallest absolute Gasteiger partial charge is 0.121 e. The maximum atomic E-state index is 10.9. The van der Waals surface area contributed by atoms with Crippen LogP contribution in [0.2, 0.25) is 0 Å². The fourth-order valence-electron chi connectivity index (χ4n) is 4.74. The summed E-state index contributed by atoms with van der Waals surface area (Å²) >= 11 is 0. The monoisotopic (exact) mass is 337 g/mol. The highest BCUT2D eigenvalue weighted by Gasteiger charge is 2.30. The van der Waals surface area contributed by atoms with Crippen molar-refractivity contribution < 1.29 is 10.0 Å². The van der Waals surface area contributed by atoms with Crippen LogP contribution >= 0.6 is 0 Å². The Morgan fingerprint density at radius 1 is 0.960 bits per heavy atom. The lowest BCUT2D eigenvalue weighted by Crippen LogP contribution is -3.20. The van der Waals surface area contributed by atoms with Gasteiger partial charge in [0, 0.05) is 21.8 Å². The second kappa shape index (κ2) is 6.81. The van der Waals surface area contributed by atoms with Crippen LogP contribution in [-0.4, -0.2) is 34.4 Å². The second-order valence-corrected chi connectivity index (χ2v) is 7.81. The number of likely N-dealkylation sites (tertiary alicyclic amines) is 1. The van der Waals surface area contributed by atoms with E-state index in [-0.39, 0.29) is 6.10 Å². The van der Waals surface area contributed by atoms with Gasteiger partial charge in [-0.1, -0.05) is 36.4 Å². The third-order valence-corrected chi connectivity index (χ3v) is 6.08. The molecule has 0 saturated carbocycles. The number of aromatic nitrogens is 1. The predicted molar refractivity (Wildman–Crippen MR) is 104 cm³/mol. The van der Waals surface area contributed by atoms with Crippen LogP contribution in [0.25, 0.3) is 21.8 Å². The van der Waals surface area contributed by atoms with Gasteiger partial charge < -0.3 is 14.6 Å². The molecule has 3 nitrogen and oxygen atoms in total. The average Bonchev–Trinajstić information content (AvgIpc) is 2.93. The van der Waals surface area contributed by atoms with Gasteiger partial charge in [-0.25, -0.2) is 0 Å². The minimum atomic E-state index is -0.322. The molecule has 1 aromatic heterocycles. The molecule has 25 heavy (non-hydrogen) atoms. The van der Waals surface area contributed by atoms with Gasteiger partial charge in [-0.2, -0.15) is 0 Å². The molecule has 132 valence electrons. The molecule has 1 aliphatic heterocycles. The third-order valence-electron chi connectivity index (χ3n) is 6.08. The molecule has 2 heterocycles. The Balaban J connectivity index is 1.63. The molecule has 2 aromatic carbocycles. The van der Waals surface area contributed by atoms with Gasteiger partial charge in [-0.3, -0.25) is 0 Å². The van der Waals surface area contributed by atoms with E-state index in [9.17, 15) is 5.11 Å². The lowest BCUT2D eigenvalue weighted by atomic mass is 9.97. The molecular weight excluding hydrogens is 308 g/mol. The zero-order valence-corrected chi connectivity index (χ0v) is 15.3. The lowest BCUT2D eigenvalue weighted by Gasteiger charge is -2.37. The number of aliphatic hydroxyl groups is 1. The maximum absolute atomic E-state index is 10.9. The van der Waals surface area contributed by atoms with E-state index in [1.807, 2.05) is 0 Å². The first kappa shape index (κ1) is 16.6. The largest absolute Gasteiger partial charge is 0.385 e. The molecule has 0 bridgehead atoms. The van der Waals surface area contributed by atoms with Crippen LogP contribution in [0.15, 0.2) is 48.5 Å². The summed E-state index contributed by atoms with van der Waals surface area (Å²) in [7, 11) is 0. The van der Waals surface area contributed by atoms with Gasteiger partial charge in [-0.05, 0) is 45.2 Å². The van der Waals surface area contributed by atoms with Crippen molar-refractivity contribution in [3.8, 4) is 0 Å². The number of hydrogen-bond acceptors (Lipinski definition) is 1. The molecule has 0 amide bonds. The summed E-state index contributed by atoms with van der Waals surface area (Å²) < 4.78 is 2.30. The number of hydrogen-bond donors (Lipinski definition) is 2. The molecule has 1 unspecified atom stereocenters. The molecular formula is C22H29N2O+. The van der Waals surface area contributed by atoms with Gasteiger partial charge in [0.2, 0.25) is 0 Å². The summed E-state index contributed by atoms with van der Waals surface area (Å²) in [5.41, 5.74) is 2.44. The van der Waals surface area contributed by atoms with Crippen LogP contribution < -0.4 is 4.90 Å². The van der Waals surface area contributed by atoms with E-state index in [4.69, 9.17) is 0 Å². The van der Waals surface area contributed by atoms with Gasteiger partial charge in [0.1, 0.15) is 12.6 Å². The molecule has 1 fully saturated rings. The van der Waals surface area contributed by atoms with Crippen molar-refractivity contribution in [1.82, 2.24) is 4.57 Å². The molecule has 0 aliphatic carbocycles. The van der Waals surface area contributed by atoms with E-state index < -0.39 is 0 Å². The third kappa shape index (κ3) is 3.07. The first-order valence-electron chi connectivity index (χ1n) is 9.64. The number of rotatable bonds is 4. The van der Waals surface area contributed by atoms with E-state index in [0.717, 1.165) is 6.54 Å². The topological polar surface area (TPSA) is 29.6 Å². The minimum absolute atomic E-state index is 0.322. The quantitative estimate of drug-likeness (QED) is 0.753. The van der Waals surface area contributed by atoms with Crippen molar-refractivity contribution in [3.05, 3.63) is 48.5 Å². The number of nitrogens with zero attached hydrogens (tertiary/aromatic N) is 1. The number of para-hydroxylation sites is 2. The Kier molecular flexibility index (Phi) is 4.53. The molecule has 4 atom stereocenters. The number of quaternary nitrogens is 1. The zero-order valence-electron chi connectivity index (χ0n) is 15.3. The van der Waals surface area contributed by atoms with E-state index in [1.54, 1.807) is 4.90 Å². The Morgan fingerprint density at radius 3 is 2.04 bits per heavy atom. The van der Waals surface area contributed by atoms with Crippen molar-refractivity contribution >= 4 is 21.8 Å². The summed E-state index contributed by atoms with van der Waals surface area (Å²) in [6, 6.07) is 18.4. The van der Waals surface area contributed by atoms with E-state index in [2.05, 4.69) is 66.9 Å². The number of aliphatic hydroxyl groups excluding tert-OH is 1. The Hall–Kier alpha value is -1.84. The Morgan fingerprint density at radius 2 is 1.48 bits per heavy atom. The standard InChI is InChI=1S/C22H28N2O/c1-16-8-7-9-17(2)23(16)14-18(25)15-24-21-12-5-3-10-19(21)20-11-4-6-13-22(20)24/h3-6,10-13,16-18,25H,7-9,14-15H2,1-2H3/p+1/t16-,17+,18-/m0/s1. The number of fused-ring (bicyclic) bond motifs is 3. The van der Waals surface area contributed by atoms with Gasteiger partial charge in [0.05, 0.1) is 18.6 Å². The first-order chi connectivity index (χ1) is 12.1. The molecule has 1 aliphatic rings. The highest BCUT2D eigenvalue weighted by atomic mass is 16.3. The van der Waals surface area contributed by atoms with Gasteiger partial charge >= 0.3 is 0 Å². The Labute approximate surface area is 149 Å². The van der Waals surface area contributed by atoms with Crippen LogP contribution in [0.1, 0.15) is 33.1 Å². The normalized spacial score (nSPS) is 25.5. The fourth-order valence-corrected chi connectivity index (χ4v) is 4.74. The predicted octanol–water partition coefficient (Wildman–Crippen LogP) is 3.00. The molecule has 1 saturated heterocycles.